The fourth-order valence-corrected chi connectivity index (χ4v) is 2.92. The Balaban J connectivity index is 0.00000208. The quantitative estimate of drug-likeness (QED) is 0.774. The fourth-order valence-electron chi connectivity index (χ4n) is 2.92. The number of carbonyl (C=O) groups excluding carboxylic acids is 1. The minimum absolute atomic E-state index is 0. The molecule has 3 rings (SSSR count). The Morgan fingerprint density at radius 3 is 2.79 bits per heavy atom. The number of carbonyl (C=O) groups is 1. The molecule has 1 aliphatic heterocycles. The summed E-state index contributed by atoms with van der Waals surface area (Å²) in [6.07, 6.45) is 1.20. The van der Waals surface area contributed by atoms with Gasteiger partial charge in [0.05, 0.1) is 29.2 Å². The van der Waals surface area contributed by atoms with Crippen LogP contribution in [-0.2, 0) is 0 Å². The molecule has 2 unspecified atom stereocenters. The zero-order valence-electron chi connectivity index (χ0n) is 13.8. The van der Waals surface area contributed by atoms with Crippen molar-refractivity contribution in [2.24, 2.45) is 5.92 Å². The summed E-state index contributed by atoms with van der Waals surface area (Å²) in [6, 6.07) is 7.94. The number of aromatic nitrogens is 2. The molecule has 0 radical (unpaired) electrons. The molecule has 0 aliphatic carbocycles. The molecule has 0 saturated carbocycles. The average Bonchev–Trinajstić information content (AvgIpc) is 3.11. The Kier molecular flexibility index (Phi) is 5.99. The number of amides is 1. The van der Waals surface area contributed by atoms with E-state index in [-0.39, 0.29) is 24.2 Å². The number of aryl methyl sites for hydroxylation is 1. The molecule has 6 nitrogen and oxygen atoms in total. The topological polar surface area (TPSA) is 79.2 Å². The van der Waals surface area contributed by atoms with E-state index in [1.807, 2.05) is 38.1 Å². The van der Waals surface area contributed by atoms with Gasteiger partial charge in [0, 0.05) is 25.6 Å². The molecule has 2 aromatic rings. The van der Waals surface area contributed by atoms with E-state index in [1.54, 1.807) is 10.9 Å². The SMILES string of the molecule is Cc1ccccc1-n1ncc(C(=O)NCC2CNCC2O)c1C.Cl. The molecule has 1 aromatic carbocycles. The largest absolute Gasteiger partial charge is 0.391 e. The Hall–Kier alpha value is -1.89. The standard InChI is InChI=1S/C17H22N4O2.ClH/c1-11-5-3-4-6-15(11)21-12(2)14(9-20-21)17(23)19-8-13-7-18-10-16(13)22;/h3-6,9,13,16,18,22H,7-8,10H2,1-2H3,(H,19,23);1H. The van der Waals surface area contributed by atoms with Gasteiger partial charge in [-0.3, -0.25) is 4.79 Å². The third-order valence-corrected chi connectivity index (χ3v) is 4.43. The zero-order chi connectivity index (χ0) is 16.4. The first-order valence-corrected chi connectivity index (χ1v) is 7.85. The van der Waals surface area contributed by atoms with E-state index < -0.39 is 6.10 Å². The van der Waals surface area contributed by atoms with Crippen molar-refractivity contribution < 1.29 is 9.90 Å². The van der Waals surface area contributed by atoms with Crippen molar-refractivity contribution in [2.75, 3.05) is 19.6 Å². The highest BCUT2D eigenvalue weighted by atomic mass is 35.5. The van der Waals surface area contributed by atoms with Gasteiger partial charge in [-0.2, -0.15) is 5.10 Å². The first-order valence-electron chi connectivity index (χ1n) is 7.85. The molecular formula is C17H23ClN4O2. The normalized spacial score (nSPS) is 19.8. The monoisotopic (exact) mass is 350 g/mol. The van der Waals surface area contributed by atoms with Crippen LogP contribution in [0.15, 0.2) is 30.5 Å². The molecule has 1 aromatic heterocycles. The summed E-state index contributed by atoms with van der Waals surface area (Å²) in [6.45, 7) is 5.68. The van der Waals surface area contributed by atoms with Crippen LogP contribution < -0.4 is 10.6 Å². The lowest BCUT2D eigenvalue weighted by Gasteiger charge is -2.14. The van der Waals surface area contributed by atoms with Crippen molar-refractivity contribution in [3.63, 3.8) is 0 Å². The van der Waals surface area contributed by atoms with Gasteiger partial charge < -0.3 is 15.7 Å². The van der Waals surface area contributed by atoms with Gasteiger partial charge in [0.2, 0.25) is 0 Å². The minimum atomic E-state index is -0.397. The number of hydrogen-bond acceptors (Lipinski definition) is 4. The van der Waals surface area contributed by atoms with E-state index in [0.29, 0.717) is 18.7 Å². The number of rotatable bonds is 4. The first-order chi connectivity index (χ1) is 11.1. The van der Waals surface area contributed by atoms with Crippen LogP contribution in [0.2, 0.25) is 0 Å². The van der Waals surface area contributed by atoms with Crippen LogP contribution in [0.5, 0.6) is 0 Å². The highest BCUT2D eigenvalue weighted by Crippen LogP contribution is 2.17. The van der Waals surface area contributed by atoms with E-state index in [1.165, 1.54) is 0 Å². The van der Waals surface area contributed by atoms with Crippen LogP contribution in [0.25, 0.3) is 5.69 Å². The summed E-state index contributed by atoms with van der Waals surface area (Å²) in [5, 5.41) is 20.1. The third kappa shape index (κ3) is 3.61. The van der Waals surface area contributed by atoms with Gasteiger partial charge in [0.25, 0.3) is 5.91 Å². The summed E-state index contributed by atoms with van der Waals surface area (Å²) < 4.78 is 1.79. The third-order valence-electron chi connectivity index (χ3n) is 4.43. The van der Waals surface area contributed by atoms with Crippen molar-refractivity contribution >= 4 is 18.3 Å². The number of nitrogens with one attached hydrogen (secondary N) is 2. The van der Waals surface area contributed by atoms with E-state index >= 15 is 0 Å². The van der Waals surface area contributed by atoms with Crippen molar-refractivity contribution in [2.45, 2.75) is 20.0 Å². The van der Waals surface area contributed by atoms with Crippen LogP contribution >= 0.6 is 12.4 Å². The van der Waals surface area contributed by atoms with Gasteiger partial charge in [-0.1, -0.05) is 18.2 Å². The number of β-amino-alcohol motifs (C(OH)–C–C–N with tert-alkyl or cyclic N) is 1. The number of benzene rings is 1. The predicted molar refractivity (Wildman–Crippen MR) is 95.0 cm³/mol. The molecule has 1 amide bonds. The molecule has 1 aliphatic rings. The van der Waals surface area contributed by atoms with Crippen molar-refractivity contribution in [1.82, 2.24) is 20.4 Å². The van der Waals surface area contributed by atoms with E-state index in [9.17, 15) is 9.90 Å². The van der Waals surface area contributed by atoms with Crippen LogP contribution in [0, 0.1) is 19.8 Å². The summed E-state index contributed by atoms with van der Waals surface area (Å²) in [5.74, 6) is -0.0906. The van der Waals surface area contributed by atoms with Crippen LogP contribution in [-0.4, -0.2) is 46.5 Å². The van der Waals surface area contributed by atoms with E-state index in [4.69, 9.17) is 0 Å². The highest BCUT2D eigenvalue weighted by molar-refractivity contribution is 5.95. The van der Waals surface area contributed by atoms with E-state index in [0.717, 1.165) is 23.5 Å². The second-order valence-electron chi connectivity index (χ2n) is 6.04. The number of para-hydroxylation sites is 1. The zero-order valence-corrected chi connectivity index (χ0v) is 14.6. The van der Waals surface area contributed by atoms with Crippen molar-refractivity contribution in [3.05, 3.63) is 47.3 Å². The Bertz CT molecular complexity index is 716. The maximum absolute atomic E-state index is 12.4. The maximum Gasteiger partial charge on any atom is 0.254 e. The molecule has 24 heavy (non-hydrogen) atoms. The maximum atomic E-state index is 12.4. The van der Waals surface area contributed by atoms with E-state index in [2.05, 4.69) is 15.7 Å². The van der Waals surface area contributed by atoms with Crippen LogP contribution in [0.1, 0.15) is 21.6 Å². The second kappa shape index (κ2) is 7.79. The Morgan fingerprint density at radius 2 is 2.12 bits per heavy atom. The predicted octanol–water partition coefficient (Wildman–Crippen LogP) is 1.22. The van der Waals surface area contributed by atoms with Gasteiger partial charge in [0.1, 0.15) is 0 Å². The molecular weight excluding hydrogens is 328 g/mol. The highest BCUT2D eigenvalue weighted by Gasteiger charge is 2.25. The number of aliphatic hydroxyl groups excluding tert-OH is 1. The summed E-state index contributed by atoms with van der Waals surface area (Å²) in [5.41, 5.74) is 3.45. The lowest BCUT2D eigenvalue weighted by molar-refractivity contribution is 0.0926. The lowest BCUT2D eigenvalue weighted by atomic mass is 10.1. The molecule has 130 valence electrons. The number of nitrogens with zero attached hydrogens (tertiary/aromatic N) is 2. The molecule has 0 bridgehead atoms. The van der Waals surface area contributed by atoms with Gasteiger partial charge in [-0.25, -0.2) is 4.68 Å². The Labute approximate surface area is 147 Å². The molecule has 1 saturated heterocycles. The van der Waals surface area contributed by atoms with Crippen molar-refractivity contribution in [1.29, 1.82) is 0 Å². The molecule has 2 atom stereocenters. The minimum Gasteiger partial charge on any atom is -0.391 e. The first kappa shape index (κ1) is 18.4. The van der Waals surface area contributed by atoms with Crippen LogP contribution in [0.3, 0.4) is 0 Å². The number of aliphatic hydroxyl groups is 1. The van der Waals surface area contributed by atoms with Crippen molar-refractivity contribution in [3.8, 4) is 5.69 Å². The second-order valence-corrected chi connectivity index (χ2v) is 6.04. The van der Waals surface area contributed by atoms with Gasteiger partial charge in [-0.15, -0.1) is 12.4 Å². The van der Waals surface area contributed by atoms with Gasteiger partial charge >= 0.3 is 0 Å². The average molecular weight is 351 g/mol. The fraction of sp³-hybridized carbons (Fsp3) is 0.412. The molecule has 2 heterocycles. The van der Waals surface area contributed by atoms with Gasteiger partial charge in [0.15, 0.2) is 0 Å². The number of hydrogen-bond donors (Lipinski definition) is 3. The number of halogens is 1. The lowest BCUT2D eigenvalue weighted by Crippen LogP contribution is -2.34. The van der Waals surface area contributed by atoms with Gasteiger partial charge in [-0.05, 0) is 25.5 Å². The van der Waals surface area contributed by atoms with Crippen LogP contribution in [0.4, 0.5) is 0 Å². The summed E-state index contributed by atoms with van der Waals surface area (Å²) in [7, 11) is 0. The smallest absolute Gasteiger partial charge is 0.254 e. The Morgan fingerprint density at radius 1 is 1.38 bits per heavy atom. The molecule has 1 fully saturated rings. The molecule has 3 N–H and O–H groups in total. The summed E-state index contributed by atoms with van der Waals surface area (Å²) in [4.78, 5) is 12.4. The summed E-state index contributed by atoms with van der Waals surface area (Å²) >= 11 is 0. The molecule has 0 spiro atoms. The molecule has 7 heteroatoms.